The van der Waals surface area contributed by atoms with Crippen molar-refractivity contribution in [2.75, 3.05) is 26.2 Å². The van der Waals surface area contributed by atoms with Crippen molar-refractivity contribution in [3.63, 3.8) is 0 Å². The van der Waals surface area contributed by atoms with Gasteiger partial charge in [-0.15, -0.1) is 0 Å². The fourth-order valence-corrected chi connectivity index (χ4v) is 6.22. The molecule has 0 amide bonds. The summed E-state index contributed by atoms with van der Waals surface area (Å²) in [6, 6.07) is 0. The van der Waals surface area contributed by atoms with Crippen molar-refractivity contribution in [2.45, 2.75) is 156 Å². The molecule has 252 valence electrons. The Bertz CT molecular complexity index is 697. The van der Waals surface area contributed by atoms with Gasteiger partial charge in [0.2, 0.25) is 0 Å². The van der Waals surface area contributed by atoms with Gasteiger partial charge < -0.3 is 19.8 Å². The van der Waals surface area contributed by atoms with E-state index in [4.69, 9.17) is 0 Å². The van der Waals surface area contributed by atoms with Crippen molar-refractivity contribution in [3.8, 4) is 0 Å². The molecule has 0 spiro atoms. The largest absolute Gasteiger partial charge is 0.481 e. The molecule has 0 saturated heterocycles. The molecule has 0 aliphatic rings. The number of carbonyl (C=O) groups is 3. The van der Waals surface area contributed by atoms with E-state index in [9.17, 15) is 29.7 Å². The van der Waals surface area contributed by atoms with Crippen LogP contribution in [0.15, 0.2) is 12.2 Å². The molecule has 3 unspecified atom stereocenters. The van der Waals surface area contributed by atoms with E-state index in [2.05, 4.69) is 19.1 Å². The molecule has 7 nitrogen and oxygen atoms in total. The lowest BCUT2D eigenvalue weighted by molar-refractivity contribution is -0.933. The highest BCUT2D eigenvalue weighted by molar-refractivity contribution is 5.70. The Kier molecular flexibility index (Phi) is 25.3. The second-order valence-corrected chi connectivity index (χ2v) is 13.4. The van der Waals surface area contributed by atoms with E-state index < -0.39 is 35.7 Å². The minimum Gasteiger partial charge on any atom is -0.481 e. The molecule has 0 aliphatic carbocycles. The molecule has 0 aromatic rings. The lowest BCUT2D eigenvalue weighted by Gasteiger charge is -2.42. The van der Waals surface area contributed by atoms with Crippen molar-refractivity contribution >= 4 is 17.9 Å². The molecule has 0 fully saturated rings. The quantitative estimate of drug-likeness (QED) is 0.0410. The van der Waals surface area contributed by atoms with Crippen LogP contribution in [0.4, 0.5) is 0 Å². The first-order valence-electron chi connectivity index (χ1n) is 17.7. The van der Waals surface area contributed by atoms with Crippen LogP contribution in [-0.2, 0) is 14.4 Å². The third-order valence-electron chi connectivity index (χ3n) is 8.91. The number of carboxylic acid groups (broad SMARTS) is 3. The molecule has 3 N–H and O–H groups in total. The molecular formula is C36H68NO6+. The van der Waals surface area contributed by atoms with Crippen LogP contribution in [0.1, 0.15) is 156 Å². The van der Waals surface area contributed by atoms with E-state index in [0.29, 0.717) is 13.0 Å². The van der Waals surface area contributed by atoms with Crippen LogP contribution in [0.3, 0.4) is 0 Å². The Morgan fingerprint density at radius 1 is 0.488 bits per heavy atom. The zero-order valence-corrected chi connectivity index (χ0v) is 28.4. The molecule has 0 saturated carbocycles. The van der Waals surface area contributed by atoms with Crippen molar-refractivity contribution in [3.05, 3.63) is 12.2 Å². The van der Waals surface area contributed by atoms with Crippen LogP contribution in [0, 0.1) is 17.8 Å². The molecule has 0 bridgehead atoms. The number of carboxylic acids is 3. The highest BCUT2D eigenvalue weighted by atomic mass is 16.4. The summed E-state index contributed by atoms with van der Waals surface area (Å²) >= 11 is 0. The SMILES string of the molecule is CCCCCCCCCCCCCCCCCCCC/C=C/CC[N+](CC(C)C(=O)O)(CC(C)C(=O)O)CC(C)C(=O)O. The van der Waals surface area contributed by atoms with Gasteiger partial charge in [-0.2, -0.15) is 0 Å². The molecule has 0 aromatic heterocycles. The number of hydrogen-bond donors (Lipinski definition) is 3. The van der Waals surface area contributed by atoms with Gasteiger partial charge in [-0.1, -0.05) is 128 Å². The lowest BCUT2D eigenvalue weighted by Crippen LogP contribution is -2.57. The minimum absolute atomic E-state index is 0.179. The normalized spacial score (nSPS) is 15.3. The number of rotatable bonds is 31. The van der Waals surface area contributed by atoms with Gasteiger partial charge in [0, 0.05) is 6.42 Å². The molecule has 0 aliphatic heterocycles. The summed E-state index contributed by atoms with van der Waals surface area (Å²) in [4.78, 5) is 34.9. The Labute approximate surface area is 264 Å². The zero-order chi connectivity index (χ0) is 32.3. The van der Waals surface area contributed by atoms with Gasteiger partial charge in [-0.05, 0) is 33.6 Å². The van der Waals surface area contributed by atoms with Crippen LogP contribution in [0.25, 0.3) is 0 Å². The third kappa shape index (κ3) is 23.2. The molecule has 0 aromatic carbocycles. The van der Waals surface area contributed by atoms with E-state index >= 15 is 0 Å². The number of nitrogens with zero attached hydrogens (tertiary/aromatic N) is 1. The summed E-state index contributed by atoms with van der Waals surface area (Å²) in [5.41, 5.74) is 0. The van der Waals surface area contributed by atoms with Gasteiger partial charge in [0.05, 0.1) is 26.2 Å². The van der Waals surface area contributed by atoms with Crippen LogP contribution in [0.5, 0.6) is 0 Å². The molecular weight excluding hydrogens is 542 g/mol. The first-order valence-corrected chi connectivity index (χ1v) is 17.7. The Balaban J connectivity index is 4.20. The summed E-state index contributed by atoms with van der Waals surface area (Å²) in [5.74, 6) is -4.91. The van der Waals surface area contributed by atoms with Crippen molar-refractivity contribution in [1.29, 1.82) is 0 Å². The van der Waals surface area contributed by atoms with Gasteiger partial charge in [0.1, 0.15) is 17.8 Å². The minimum atomic E-state index is -0.946. The molecule has 7 heteroatoms. The van der Waals surface area contributed by atoms with E-state index in [1.165, 1.54) is 109 Å². The first-order chi connectivity index (χ1) is 20.5. The predicted molar refractivity (Wildman–Crippen MR) is 177 cm³/mol. The first kappa shape index (κ1) is 41.1. The Morgan fingerprint density at radius 2 is 0.767 bits per heavy atom. The maximum atomic E-state index is 11.6. The standard InChI is InChI=1S/C36H67NO6/c1-5-6-7-8-9-10-11-12-13-14-15-16-17-18-19-20-21-22-23-24-25-26-27-37(28-31(2)34(38)39,29-32(3)35(40)41)30-33(4)36(42)43/h24-25,31-33H,5-23,26-30H2,1-4H3,(H2-,38,39,40,41,42,43)/p+1/b25-24+. The topological polar surface area (TPSA) is 112 Å². The molecule has 0 radical (unpaired) electrons. The van der Waals surface area contributed by atoms with Crippen molar-refractivity contribution < 1.29 is 34.2 Å². The van der Waals surface area contributed by atoms with Gasteiger partial charge in [-0.3, -0.25) is 14.4 Å². The van der Waals surface area contributed by atoms with E-state index in [-0.39, 0.29) is 24.1 Å². The average Bonchev–Trinajstić information content (AvgIpc) is 2.95. The van der Waals surface area contributed by atoms with Crippen LogP contribution < -0.4 is 0 Å². The maximum absolute atomic E-state index is 11.6. The molecule has 3 atom stereocenters. The monoisotopic (exact) mass is 611 g/mol. The Morgan fingerprint density at radius 3 is 1.07 bits per heavy atom. The van der Waals surface area contributed by atoms with E-state index in [1.807, 2.05) is 0 Å². The van der Waals surface area contributed by atoms with Crippen LogP contribution in [-0.4, -0.2) is 63.9 Å². The number of aliphatic carboxylic acids is 3. The summed E-state index contributed by atoms with van der Waals surface area (Å²) in [7, 11) is 0. The van der Waals surface area contributed by atoms with Gasteiger partial charge in [0.25, 0.3) is 0 Å². The third-order valence-corrected chi connectivity index (χ3v) is 8.91. The molecule has 0 heterocycles. The number of quaternary nitrogens is 1. The van der Waals surface area contributed by atoms with E-state index in [1.54, 1.807) is 20.8 Å². The van der Waals surface area contributed by atoms with Crippen molar-refractivity contribution in [2.24, 2.45) is 17.8 Å². The second-order valence-electron chi connectivity index (χ2n) is 13.4. The second kappa shape index (κ2) is 26.5. The number of hydrogen-bond acceptors (Lipinski definition) is 3. The number of unbranched alkanes of at least 4 members (excludes halogenated alkanes) is 18. The van der Waals surface area contributed by atoms with E-state index in [0.717, 1.165) is 12.8 Å². The summed E-state index contributed by atoms with van der Waals surface area (Å²) in [6.07, 6.45) is 30.5. The Hall–Kier alpha value is -1.89. The smallest absolute Gasteiger partial charge is 0.311 e. The summed E-state index contributed by atoms with van der Waals surface area (Å²) in [6.45, 7) is 8.30. The van der Waals surface area contributed by atoms with Gasteiger partial charge in [0.15, 0.2) is 0 Å². The maximum Gasteiger partial charge on any atom is 0.311 e. The average molecular weight is 611 g/mol. The zero-order valence-electron chi connectivity index (χ0n) is 28.4. The fraction of sp³-hybridized carbons (Fsp3) is 0.861. The summed E-state index contributed by atoms with van der Waals surface area (Å²) in [5, 5.41) is 28.6. The summed E-state index contributed by atoms with van der Waals surface area (Å²) < 4.78 is 0.179. The lowest BCUT2D eigenvalue weighted by atomic mass is 10.0. The highest BCUT2D eigenvalue weighted by Gasteiger charge is 2.37. The number of allylic oxidation sites excluding steroid dienone is 1. The fourth-order valence-electron chi connectivity index (χ4n) is 6.22. The molecule has 43 heavy (non-hydrogen) atoms. The van der Waals surface area contributed by atoms with Crippen LogP contribution in [0.2, 0.25) is 0 Å². The van der Waals surface area contributed by atoms with Crippen LogP contribution >= 0.6 is 0 Å². The predicted octanol–water partition coefficient (Wildman–Crippen LogP) is 9.34. The highest BCUT2D eigenvalue weighted by Crippen LogP contribution is 2.21. The van der Waals surface area contributed by atoms with Crippen molar-refractivity contribution in [1.82, 2.24) is 0 Å². The van der Waals surface area contributed by atoms with Gasteiger partial charge in [-0.25, -0.2) is 0 Å². The van der Waals surface area contributed by atoms with Gasteiger partial charge >= 0.3 is 17.9 Å². The molecule has 0 rings (SSSR count).